The first-order valence-corrected chi connectivity index (χ1v) is 6.11. The van der Waals surface area contributed by atoms with Crippen LogP contribution in [0.5, 0.6) is 0 Å². The molecule has 6 nitrogen and oxygen atoms in total. The third-order valence-corrected chi connectivity index (χ3v) is 2.83. The first-order chi connectivity index (χ1) is 9.08. The highest BCUT2D eigenvalue weighted by Crippen LogP contribution is 2.21. The van der Waals surface area contributed by atoms with Gasteiger partial charge >= 0.3 is 0 Å². The van der Waals surface area contributed by atoms with Crippen molar-refractivity contribution in [2.45, 2.75) is 19.9 Å². The highest BCUT2D eigenvalue weighted by molar-refractivity contribution is 5.90. The number of carbonyl (C=O) groups is 1. The Morgan fingerprint density at radius 1 is 1.32 bits per heavy atom. The summed E-state index contributed by atoms with van der Waals surface area (Å²) in [5.74, 6) is 0.128. The van der Waals surface area contributed by atoms with Crippen molar-refractivity contribution >= 4 is 11.9 Å². The number of nitrogens with zero attached hydrogens (tertiary/aromatic N) is 2. The summed E-state index contributed by atoms with van der Waals surface area (Å²) in [7, 11) is 0. The monoisotopic (exact) mass is 259 g/mol. The molecule has 1 amide bonds. The predicted octanol–water partition coefficient (Wildman–Crippen LogP) is 1.51. The quantitative estimate of drug-likeness (QED) is 0.775. The Balaban J connectivity index is 2.16. The summed E-state index contributed by atoms with van der Waals surface area (Å²) >= 11 is 0. The van der Waals surface area contributed by atoms with Crippen molar-refractivity contribution < 1.29 is 4.79 Å². The van der Waals surface area contributed by atoms with Gasteiger partial charge < -0.3 is 11.1 Å². The Bertz CT molecular complexity index is 549. The first-order valence-electron chi connectivity index (χ1n) is 6.11. The molecule has 0 bridgehead atoms. The summed E-state index contributed by atoms with van der Waals surface area (Å²) in [5, 5.41) is 9.08. The van der Waals surface area contributed by atoms with Crippen LogP contribution in [0.1, 0.15) is 36.1 Å². The number of carbonyl (C=O) groups excluding carboxylic acids is 1. The van der Waals surface area contributed by atoms with E-state index >= 15 is 0 Å². The van der Waals surface area contributed by atoms with Crippen molar-refractivity contribution in [3.05, 3.63) is 41.7 Å². The fourth-order valence-electron chi connectivity index (χ4n) is 1.88. The number of hydrogen-bond donors (Lipinski definition) is 3. The molecule has 0 aliphatic carbocycles. The highest BCUT2D eigenvalue weighted by Gasteiger charge is 2.20. The zero-order chi connectivity index (χ0) is 13.8. The van der Waals surface area contributed by atoms with Gasteiger partial charge in [0.25, 0.3) is 5.91 Å². The molecular formula is C13H17N5O. The van der Waals surface area contributed by atoms with E-state index < -0.39 is 0 Å². The molecule has 1 atom stereocenters. The molecule has 0 fully saturated rings. The topological polar surface area (TPSA) is 96.7 Å². The third kappa shape index (κ3) is 3.09. The van der Waals surface area contributed by atoms with Crippen LogP contribution in [-0.4, -0.2) is 21.1 Å². The summed E-state index contributed by atoms with van der Waals surface area (Å²) in [6, 6.07) is 9.73. The molecule has 2 aromatic rings. The van der Waals surface area contributed by atoms with Crippen molar-refractivity contribution in [1.82, 2.24) is 20.5 Å². The summed E-state index contributed by atoms with van der Waals surface area (Å²) in [5.41, 5.74) is 6.44. The minimum absolute atomic E-state index is 0.0611. The fourth-order valence-corrected chi connectivity index (χ4v) is 1.88. The zero-order valence-electron chi connectivity index (χ0n) is 10.9. The van der Waals surface area contributed by atoms with E-state index in [0.29, 0.717) is 0 Å². The third-order valence-electron chi connectivity index (χ3n) is 2.83. The summed E-state index contributed by atoms with van der Waals surface area (Å²) in [6.45, 7) is 4.10. The second kappa shape index (κ2) is 5.51. The summed E-state index contributed by atoms with van der Waals surface area (Å²) in [6.07, 6.45) is 0. The molecule has 1 heterocycles. The van der Waals surface area contributed by atoms with E-state index in [-0.39, 0.29) is 29.6 Å². The van der Waals surface area contributed by atoms with E-state index in [1.165, 1.54) is 0 Å². The normalized spacial score (nSPS) is 12.4. The van der Waals surface area contributed by atoms with Gasteiger partial charge in [-0.2, -0.15) is 4.98 Å². The molecule has 0 saturated heterocycles. The number of nitrogens with one attached hydrogen (secondary N) is 2. The predicted molar refractivity (Wildman–Crippen MR) is 72.3 cm³/mol. The zero-order valence-corrected chi connectivity index (χ0v) is 10.9. The number of aromatic amines is 1. The number of benzene rings is 1. The molecule has 0 spiro atoms. The average molecular weight is 259 g/mol. The van der Waals surface area contributed by atoms with Crippen LogP contribution in [0.15, 0.2) is 30.3 Å². The maximum atomic E-state index is 12.0. The molecule has 6 heteroatoms. The highest BCUT2D eigenvalue weighted by atomic mass is 16.2. The molecule has 0 aliphatic rings. The smallest absolute Gasteiger partial charge is 0.289 e. The number of aromatic nitrogens is 3. The van der Waals surface area contributed by atoms with Crippen molar-refractivity contribution in [1.29, 1.82) is 0 Å². The van der Waals surface area contributed by atoms with Crippen LogP contribution < -0.4 is 11.1 Å². The van der Waals surface area contributed by atoms with Gasteiger partial charge in [0.15, 0.2) is 0 Å². The molecule has 0 saturated carbocycles. The lowest BCUT2D eigenvalue weighted by Crippen LogP contribution is -2.32. The second-order valence-corrected chi connectivity index (χ2v) is 4.65. The van der Waals surface area contributed by atoms with Gasteiger partial charge in [0.1, 0.15) is 0 Å². The molecule has 1 aromatic carbocycles. The number of anilines is 1. The van der Waals surface area contributed by atoms with Gasteiger partial charge in [-0.1, -0.05) is 44.2 Å². The van der Waals surface area contributed by atoms with Crippen LogP contribution >= 0.6 is 0 Å². The number of nitrogens with two attached hydrogens (primary N) is 1. The van der Waals surface area contributed by atoms with Gasteiger partial charge in [-0.25, -0.2) is 0 Å². The van der Waals surface area contributed by atoms with Crippen LogP contribution in [-0.2, 0) is 0 Å². The van der Waals surface area contributed by atoms with Gasteiger partial charge in [0, 0.05) is 0 Å². The SMILES string of the molecule is CC(C)C(NC(=O)c1nc(N)n[nH]1)c1ccccc1. The van der Waals surface area contributed by atoms with Crippen molar-refractivity contribution in [3.63, 3.8) is 0 Å². The minimum atomic E-state index is -0.313. The maximum Gasteiger partial charge on any atom is 0.289 e. The number of rotatable bonds is 4. The Kier molecular flexibility index (Phi) is 3.79. The minimum Gasteiger partial charge on any atom is -0.366 e. The molecular weight excluding hydrogens is 242 g/mol. The van der Waals surface area contributed by atoms with Crippen LogP contribution in [0.25, 0.3) is 0 Å². The Morgan fingerprint density at radius 2 is 2.00 bits per heavy atom. The van der Waals surface area contributed by atoms with E-state index in [1.54, 1.807) is 0 Å². The number of H-pyrrole nitrogens is 1. The first kappa shape index (κ1) is 13.1. The van der Waals surface area contributed by atoms with Crippen LogP contribution in [0.3, 0.4) is 0 Å². The summed E-state index contributed by atoms with van der Waals surface area (Å²) < 4.78 is 0. The van der Waals surface area contributed by atoms with Gasteiger partial charge in [0.2, 0.25) is 11.8 Å². The van der Waals surface area contributed by atoms with Crippen molar-refractivity contribution in [3.8, 4) is 0 Å². The van der Waals surface area contributed by atoms with E-state index in [4.69, 9.17) is 5.73 Å². The average Bonchev–Trinajstić information content (AvgIpc) is 2.83. The van der Waals surface area contributed by atoms with Crippen LogP contribution in [0.4, 0.5) is 5.95 Å². The van der Waals surface area contributed by atoms with Crippen LogP contribution in [0, 0.1) is 5.92 Å². The van der Waals surface area contributed by atoms with Crippen LogP contribution in [0.2, 0.25) is 0 Å². The number of hydrogen-bond acceptors (Lipinski definition) is 4. The largest absolute Gasteiger partial charge is 0.366 e. The second-order valence-electron chi connectivity index (χ2n) is 4.65. The van der Waals surface area contributed by atoms with E-state index in [9.17, 15) is 4.79 Å². The lowest BCUT2D eigenvalue weighted by molar-refractivity contribution is 0.0915. The molecule has 4 N–H and O–H groups in total. The molecule has 1 aromatic heterocycles. The van der Waals surface area contributed by atoms with Gasteiger partial charge in [0.05, 0.1) is 6.04 Å². The van der Waals surface area contributed by atoms with Crippen molar-refractivity contribution in [2.75, 3.05) is 5.73 Å². The lowest BCUT2D eigenvalue weighted by Gasteiger charge is -2.22. The Morgan fingerprint density at radius 3 is 2.53 bits per heavy atom. The van der Waals surface area contributed by atoms with Gasteiger partial charge in [-0.05, 0) is 11.5 Å². The molecule has 0 radical (unpaired) electrons. The van der Waals surface area contributed by atoms with Gasteiger partial charge in [-0.15, -0.1) is 5.10 Å². The number of amides is 1. The summed E-state index contributed by atoms with van der Waals surface area (Å²) in [4.78, 5) is 15.9. The van der Waals surface area contributed by atoms with E-state index in [1.807, 2.05) is 44.2 Å². The van der Waals surface area contributed by atoms with E-state index in [0.717, 1.165) is 5.56 Å². The molecule has 100 valence electrons. The standard InChI is InChI=1S/C13H17N5O/c1-8(2)10(9-6-4-3-5-7-9)15-12(19)11-16-13(14)18-17-11/h3-8,10H,1-2H3,(H,15,19)(H3,14,16,17,18). The van der Waals surface area contributed by atoms with Crippen molar-refractivity contribution in [2.24, 2.45) is 5.92 Å². The molecule has 0 aliphatic heterocycles. The molecule has 19 heavy (non-hydrogen) atoms. The molecule has 1 unspecified atom stereocenters. The maximum absolute atomic E-state index is 12.0. The fraction of sp³-hybridized carbons (Fsp3) is 0.308. The Hall–Kier alpha value is -2.37. The number of nitrogen functional groups attached to an aromatic ring is 1. The Labute approximate surface area is 111 Å². The van der Waals surface area contributed by atoms with E-state index in [2.05, 4.69) is 20.5 Å². The molecule has 2 rings (SSSR count). The van der Waals surface area contributed by atoms with Gasteiger partial charge in [-0.3, -0.25) is 9.89 Å². The lowest BCUT2D eigenvalue weighted by atomic mass is 9.96.